The lowest BCUT2D eigenvalue weighted by Gasteiger charge is -2.12. The number of para-hydroxylation sites is 2. The van der Waals surface area contributed by atoms with Crippen LogP contribution in [0.3, 0.4) is 0 Å². The molecule has 1 heterocycles. The van der Waals surface area contributed by atoms with E-state index in [9.17, 15) is 4.39 Å². The van der Waals surface area contributed by atoms with Crippen LogP contribution in [0.2, 0.25) is 0 Å². The summed E-state index contributed by atoms with van der Waals surface area (Å²) in [6.45, 7) is 2.91. The number of ether oxygens (including phenoxy) is 1. The standard InChI is InChI=1S/C21H21FN4OS/c1-2-27-20-12-6-5-11-19(20)24-21(28)25-23-14-17-9-7-13-26(17)15-16-8-3-4-10-18(16)22/h3-14H,2,15H2,1H3,(H2,24,25,28)/b23-14-. The van der Waals surface area contributed by atoms with E-state index in [1.54, 1.807) is 18.3 Å². The maximum Gasteiger partial charge on any atom is 0.191 e. The number of nitrogens with one attached hydrogen (secondary N) is 2. The van der Waals surface area contributed by atoms with Gasteiger partial charge >= 0.3 is 0 Å². The lowest BCUT2D eigenvalue weighted by molar-refractivity contribution is 0.342. The molecule has 1 aromatic heterocycles. The van der Waals surface area contributed by atoms with Crippen molar-refractivity contribution in [1.29, 1.82) is 0 Å². The third-order valence-electron chi connectivity index (χ3n) is 3.96. The van der Waals surface area contributed by atoms with E-state index in [2.05, 4.69) is 15.8 Å². The fourth-order valence-electron chi connectivity index (χ4n) is 2.66. The van der Waals surface area contributed by atoms with E-state index in [-0.39, 0.29) is 5.82 Å². The van der Waals surface area contributed by atoms with Crippen LogP contribution in [0.4, 0.5) is 10.1 Å². The molecule has 2 aromatic carbocycles. The summed E-state index contributed by atoms with van der Waals surface area (Å²) in [5.74, 6) is 0.493. The second-order valence-corrected chi connectivity index (χ2v) is 6.31. The third kappa shape index (κ3) is 5.17. The zero-order valence-electron chi connectivity index (χ0n) is 15.4. The smallest absolute Gasteiger partial charge is 0.191 e. The highest BCUT2D eigenvalue weighted by Gasteiger charge is 2.05. The first-order valence-corrected chi connectivity index (χ1v) is 9.28. The molecule has 144 valence electrons. The van der Waals surface area contributed by atoms with Crippen molar-refractivity contribution in [3.05, 3.63) is 83.9 Å². The Kier molecular flexibility index (Phi) is 6.75. The van der Waals surface area contributed by atoms with E-state index in [1.165, 1.54) is 6.07 Å². The summed E-state index contributed by atoms with van der Waals surface area (Å²) in [6.07, 6.45) is 3.52. The van der Waals surface area contributed by atoms with Gasteiger partial charge in [-0.05, 0) is 49.5 Å². The zero-order chi connectivity index (χ0) is 19.8. The van der Waals surface area contributed by atoms with Crippen molar-refractivity contribution in [1.82, 2.24) is 9.99 Å². The molecule has 0 saturated carbocycles. The van der Waals surface area contributed by atoms with Gasteiger partial charge in [-0.25, -0.2) is 4.39 Å². The molecule has 0 atom stereocenters. The van der Waals surface area contributed by atoms with Crippen molar-refractivity contribution in [3.8, 4) is 5.75 Å². The van der Waals surface area contributed by atoms with Gasteiger partial charge < -0.3 is 14.6 Å². The Hall–Kier alpha value is -3.19. The molecule has 5 nitrogen and oxygen atoms in total. The Labute approximate surface area is 168 Å². The Balaban J connectivity index is 1.61. The Morgan fingerprint density at radius 3 is 2.75 bits per heavy atom. The molecule has 3 aromatic rings. The van der Waals surface area contributed by atoms with Crippen LogP contribution in [-0.4, -0.2) is 22.5 Å². The Bertz CT molecular complexity index is 970. The minimum absolute atomic E-state index is 0.226. The van der Waals surface area contributed by atoms with Gasteiger partial charge in [0.25, 0.3) is 0 Å². The molecule has 2 N–H and O–H groups in total. The second-order valence-electron chi connectivity index (χ2n) is 5.91. The van der Waals surface area contributed by atoms with Crippen molar-refractivity contribution in [2.75, 3.05) is 11.9 Å². The van der Waals surface area contributed by atoms with Gasteiger partial charge in [-0.2, -0.15) is 5.10 Å². The minimum Gasteiger partial charge on any atom is -0.492 e. The summed E-state index contributed by atoms with van der Waals surface area (Å²) < 4.78 is 21.3. The molecule has 0 bridgehead atoms. The van der Waals surface area contributed by atoms with Gasteiger partial charge in [0.05, 0.1) is 30.7 Å². The first-order chi connectivity index (χ1) is 13.7. The fraction of sp³-hybridized carbons (Fsp3) is 0.143. The van der Waals surface area contributed by atoms with Crippen molar-refractivity contribution < 1.29 is 9.13 Å². The number of hydrogen-bond donors (Lipinski definition) is 2. The van der Waals surface area contributed by atoms with E-state index in [0.29, 0.717) is 23.8 Å². The largest absolute Gasteiger partial charge is 0.492 e. The molecule has 3 rings (SSSR count). The average molecular weight is 396 g/mol. The van der Waals surface area contributed by atoms with E-state index in [4.69, 9.17) is 17.0 Å². The number of nitrogens with zero attached hydrogens (tertiary/aromatic N) is 2. The van der Waals surface area contributed by atoms with E-state index < -0.39 is 0 Å². The summed E-state index contributed by atoms with van der Waals surface area (Å²) >= 11 is 5.28. The van der Waals surface area contributed by atoms with Crippen molar-refractivity contribution >= 4 is 29.2 Å². The summed E-state index contributed by atoms with van der Waals surface area (Å²) in [6, 6.07) is 18.0. The highest BCUT2D eigenvalue weighted by molar-refractivity contribution is 7.80. The molecule has 0 aliphatic rings. The Morgan fingerprint density at radius 1 is 1.14 bits per heavy atom. The van der Waals surface area contributed by atoms with Crippen molar-refractivity contribution in [2.24, 2.45) is 5.10 Å². The summed E-state index contributed by atoms with van der Waals surface area (Å²) in [5, 5.41) is 7.58. The van der Waals surface area contributed by atoms with Gasteiger partial charge in [-0.1, -0.05) is 30.3 Å². The predicted octanol–water partition coefficient (Wildman–Crippen LogP) is 4.39. The first-order valence-electron chi connectivity index (χ1n) is 8.88. The third-order valence-corrected chi connectivity index (χ3v) is 4.15. The first kappa shape index (κ1) is 19.6. The maximum atomic E-state index is 13.9. The normalized spacial score (nSPS) is 10.8. The number of rotatable bonds is 7. The predicted molar refractivity (Wildman–Crippen MR) is 114 cm³/mol. The number of benzene rings is 2. The number of thiocarbonyl (C=S) groups is 1. The molecule has 0 amide bonds. The molecule has 0 aliphatic carbocycles. The lowest BCUT2D eigenvalue weighted by atomic mass is 10.2. The van der Waals surface area contributed by atoms with Crippen LogP contribution in [0.15, 0.2) is 72.0 Å². The monoisotopic (exact) mass is 396 g/mol. The van der Waals surface area contributed by atoms with Gasteiger partial charge in [0.15, 0.2) is 5.11 Å². The second kappa shape index (κ2) is 9.66. The number of halogens is 1. The van der Waals surface area contributed by atoms with E-state index in [0.717, 1.165) is 17.1 Å². The van der Waals surface area contributed by atoms with Crippen molar-refractivity contribution in [2.45, 2.75) is 13.5 Å². The van der Waals surface area contributed by atoms with Crippen LogP contribution in [0.25, 0.3) is 0 Å². The minimum atomic E-state index is -0.226. The Morgan fingerprint density at radius 2 is 1.93 bits per heavy atom. The quantitative estimate of drug-likeness (QED) is 0.353. The topological polar surface area (TPSA) is 50.6 Å². The van der Waals surface area contributed by atoms with E-state index >= 15 is 0 Å². The highest BCUT2D eigenvalue weighted by atomic mass is 32.1. The molecule has 0 spiro atoms. The van der Waals surface area contributed by atoms with Crippen LogP contribution < -0.4 is 15.5 Å². The molecule has 0 aliphatic heterocycles. The maximum absolute atomic E-state index is 13.9. The van der Waals surface area contributed by atoms with Gasteiger partial charge in [0.2, 0.25) is 0 Å². The SMILES string of the molecule is CCOc1ccccc1NC(=S)N/N=C\c1cccn1Cc1ccccc1F. The van der Waals surface area contributed by atoms with Crippen molar-refractivity contribution in [3.63, 3.8) is 0 Å². The molecule has 0 fully saturated rings. The van der Waals surface area contributed by atoms with Gasteiger partial charge in [0.1, 0.15) is 11.6 Å². The average Bonchev–Trinajstić information content (AvgIpc) is 3.12. The lowest BCUT2D eigenvalue weighted by Crippen LogP contribution is -2.24. The highest BCUT2D eigenvalue weighted by Crippen LogP contribution is 2.23. The molecular formula is C21H21FN4OS. The van der Waals surface area contributed by atoms with Crippen LogP contribution in [0, 0.1) is 5.82 Å². The van der Waals surface area contributed by atoms with Crippen LogP contribution >= 0.6 is 12.2 Å². The van der Waals surface area contributed by atoms with Crippen LogP contribution in [-0.2, 0) is 6.54 Å². The zero-order valence-corrected chi connectivity index (χ0v) is 16.2. The summed E-state index contributed by atoms with van der Waals surface area (Å²) in [7, 11) is 0. The fourth-order valence-corrected chi connectivity index (χ4v) is 2.82. The van der Waals surface area contributed by atoms with Gasteiger partial charge in [-0.15, -0.1) is 0 Å². The van der Waals surface area contributed by atoms with E-state index in [1.807, 2.05) is 60.2 Å². The number of aromatic nitrogens is 1. The molecule has 0 saturated heterocycles. The summed E-state index contributed by atoms with van der Waals surface area (Å²) in [5.41, 5.74) is 5.00. The van der Waals surface area contributed by atoms with Gasteiger partial charge in [0, 0.05) is 11.8 Å². The number of hydrogen-bond acceptors (Lipinski definition) is 3. The van der Waals surface area contributed by atoms with Crippen LogP contribution in [0.5, 0.6) is 5.75 Å². The number of hydrazone groups is 1. The molecule has 28 heavy (non-hydrogen) atoms. The molecule has 7 heteroatoms. The molecule has 0 radical (unpaired) electrons. The molecular weight excluding hydrogens is 375 g/mol. The summed E-state index contributed by atoms with van der Waals surface area (Å²) in [4.78, 5) is 0. The van der Waals surface area contributed by atoms with Crippen LogP contribution in [0.1, 0.15) is 18.2 Å². The molecule has 0 unspecified atom stereocenters. The number of anilines is 1. The van der Waals surface area contributed by atoms with Gasteiger partial charge in [-0.3, -0.25) is 5.43 Å².